The molecule has 0 aliphatic heterocycles. The molecule has 0 radical (unpaired) electrons. The maximum absolute atomic E-state index is 11.3. The summed E-state index contributed by atoms with van der Waals surface area (Å²) in [6.45, 7) is 8.57. The van der Waals surface area contributed by atoms with Crippen LogP contribution in [-0.2, 0) is 9.84 Å². The van der Waals surface area contributed by atoms with Gasteiger partial charge in [-0.05, 0) is 39.0 Å². The first-order valence-corrected chi connectivity index (χ1v) is 8.87. The van der Waals surface area contributed by atoms with Crippen LogP contribution in [0.1, 0.15) is 59.8 Å². The molecule has 0 aromatic rings. The molecule has 0 heterocycles. The third-order valence-corrected chi connectivity index (χ3v) is 4.84. The monoisotopic (exact) mass is 291 g/mol. The highest BCUT2D eigenvalue weighted by atomic mass is 32.2. The maximum Gasteiger partial charge on any atom is 0.176 e. The Kier molecular flexibility index (Phi) is 9.27. The van der Waals surface area contributed by atoms with Gasteiger partial charge >= 0.3 is 0 Å². The Morgan fingerprint density at radius 3 is 2.21 bits per heavy atom. The van der Waals surface area contributed by atoms with E-state index in [4.69, 9.17) is 5.11 Å². The van der Waals surface area contributed by atoms with Gasteiger partial charge in [0.25, 0.3) is 0 Å². The summed E-state index contributed by atoms with van der Waals surface area (Å²) >= 11 is 0. The van der Waals surface area contributed by atoms with E-state index in [1.807, 2.05) is 0 Å². The quantitative estimate of drug-likeness (QED) is 0.497. The van der Waals surface area contributed by atoms with Crippen molar-refractivity contribution in [3.8, 4) is 0 Å². The molecule has 0 bridgehead atoms. The smallest absolute Gasteiger partial charge is 0.176 e. The summed E-state index contributed by atoms with van der Waals surface area (Å²) in [4.78, 5) is 4.50. The predicted octanol–water partition coefficient (Wildman–Crippen LogP) is 2.81. The van der Waals surface area contributed by atoms with Gasteiger partial charge in [-0.2, -0.15) is 0 Å². The summed E-state index contributed by atoms with van der Waals surface area (Å²) in [5.41, 5.74) is -0.0394. The third-order valence-electron chi connectivity index (χ3n) is 2.94. The van der Waals surface area contributed by atoms with Crippen molar-refractivity contribution in [1.82, 2.24) is 0 Å². The van der Waals surface area contributed by atoms with Gasteiger partial charge in [0.15, 0.2) is 15.3 Å². The average Bonchev–Trinajstić information content (AvgIpc) is 2.26. The van der Waals surface area contributed by atoms with Crippen molar-refractivity contribution < 1.29 is 13.5 Å². The molecule has 1 atom stereocenters. The van der Waals surface area contributed by atoms with E-state index >= 15 is 0 Å². The standard InChI is InChI=1S/C14H29NO3S/c1-12(2)11-13(3)15-9-7-5-6-8-10-19(17,18)14(4)16/h12,14,16H,5-11H2,1-4H3. The highest BCUT2D eigenvalue weighted by Gasteiger charge is 2.16. The second-order valence-electron chi connectivity index (χ2n) is 5.60. The van der Waals surface area contributed by atoms with Gasteiger partial charge in [0.1, 0.15) is 0 Å². The number of nitrogens with zero attached hydrogens (tertiary/aromatic N) is 1. The first kappa shape index (κ1) is 18.6. The van der Waals surface area contributed by atoms with Crippen LogP contribution in [0.3, 0.4) is 0 Å². The molecular formula is C14H29NO3S. The van der Waals surface area contributed by atoms with Crippen LogP contribution in [0.5, 0.6) is 0 Å². The van der Waals surface area contributed by atoms with Gasteiger partial charge in [0.05, 0.1) is 5.75 Å². The van der Waals surface area contributed by atoms with Crippen LogP contribution in [0, 0.1) is 5.92 Å². The lowest BCUT2D eigenvalue weighted by molar-refractivity contribution is 0.268. The zero-order valence-corrected chi connectivity index (χ0v) is 13.5. The van der Waals surface area contributed by atoms with Crippen LogP contribution in [0.4, 0.5) is 0 Å². The summed E-state index contributed by atoms with van der Waals surface area (Å²) in [6, 6.07) is 0. The Morgan fingerprint density at radius 2 is 1.68 bits per heavy atom. The van der Waals surface area contributed by atoms with E-state index in [1.54, 1.807) is 0 Å². The summed E-state index contributed by atoms with van der Waals surface area (Å²) in [7, 11) is -3.29. The van der Waals surface area contributed by atoms with E-state index in [2.05, 4.69) is 25.8 Å². The molecule has 19 heavy (non-hydrogen) atoms. The largest absolute Gasteiger partial charge is 0.377 e. The number of aliphatic hydroxyl groups is 1. The Bertz CT molecular complexity index is 359. The molecule has 0 rings (SSSR count). The molecule has 114 valence electrons. The first-order chi connectivity index (χ1) is 8.75. The lowest BCUT2D eigenvalue weighted by Crippen LogP contribution is -2.20. The topological polar surface area (TPSA) is 66.7 Å². The molecule has 0 saturated heterocycles. The van der Waals surface area contributed by atoms with Gasteiger partial charge in [-0.1, -0.05) is 26.7 Å². The summed E-state index contributed by atoms with van der Waals surface area (Å²) < 4.78 is 22.7. The zero-order chi connectivity index (χ0) is 14.9. The Morgan fingerprint density at radius 1 is 1.11 bits per heavy atom. The molecule has 0 spiro atoms. The van der Waals surface area contributed by atoms with E-state index in [-0.39, 0.29) is 5.75 Å². The predicted molar refractivity (Wildman–Crippen MR) is 81.4 cm³/mol. The van der Waals surface area contributed by atoms with Gasteiger partial charge in [-0.3, -0.25) is 4.99 Å². The molecular weight excluding hydrogens is 262 g/mol. The van der Waals surface area contributed by atoms with Gasteiger partial charge < -0.3 is 5.11 Å². The minimum Gasteiger partial charge on any atom is -0.377 e. The summed E-state index contributed by atoms with van der Waals surface area (Å²) in [5, 5.41) is 9.05. The van der Waals surface area contributed by atoms with Crippen LogP contribution in [0.15, 0.2) is 4.99 Å². The average molecular weight is 291 g/mol. The molecule has 0 aliphatic rings. The summed E-state index contributed by atoms with van der Waals surface area (Å²) in [5.74, 6) is 0.731. The normalized spacial score (nSPS) is 14.9. The van der Waals surface area contributed by atoms with Crippen LogP contribution < -0.4 is 0 Å². The minimum atomic E-state index is -3.29. The fourth-order valence-electron chi connectivity index (χ4n) is 1.86. The van der Waals surface area contributed by atoms with E-state index in [0.717, 1.165) is 32.2 Å². The van der Waals surface area contributed by atoms with E-state index in [9.17, 15) is 8.42 Å². The van der Waals surface area contributed by atoms with Gasteiger partial charge in [-0.25, -0.2) is 8.42 Å². The summed E-state index contributed by atoms with van der Waals surface area (Å²) in [6.07, 6.45) is 4.55. The molecule has 0 amide bonds. The molecule has 1 unspecified atom stereocenters. The highest BCUT2D eigenvalue weighted by Crippen LogP contribution is 2.07. The van der Waals surface area contributed by atoms with E-state index in [0.29, 0.717) is 12.3 Å². The molecule has 0 fully saturated rings. The van der Waals surface area contributed by atoms with Crippen molar-refractivity contribution in [3.05, 3.63) is 0 Å². The lowest BCUT2D eigenvalue weighted by atomic mass is 10.1. The van der Waals surface area contributed by atoms with Crippen molar-refractivity contribution in [2.45, 2.75) is 65.2 Å². The molecule has 0 aromatic heterocycles. The lowest BCUT2D eigenvalue weighted by Gasteiger charge is -2.06. The number of aliphatic hydroxyl groups excluding tert-OH is 1. The van der Waals surface area contributed by atoms with Crippen LogP contribution in [0.25, 0.3) is 0 Å². The highest BCUT2D eigenvalue weighted by molar-refractivity contribution is 7.91. The number of aliphatic imine (C=N–C) groups is 1. The molecule has 0 saturated carbocycles. The van der Waals surface area contributed by atoms with Crippen molar-refractivity contribution >= 4 is 15.5 Å². The van der Waals surface area contributed by atoms with Crippen molar-refractivity contribution in [2.75, 3.05) is 12.3 Å². The van der Waals surface area contributed by atoms with Gasteiger partial charge in [-0.15, -0.1) is 0 Å². The number of rotatable bonds is 10. The van der Waals surface area contributed by atoms with E-state index < -0.39 is 15.3 Å². The molecule has 0 aromatic carbocycles. The zero-order valence-electron chi connectivity index (χ0n) is 12.7. The molecule has 5 heteroatoms. The van der Waals surface area contributed by atoms with Crippen LogP contribution in [0.2, 0.25) is 0 Å². The molecule has 1 N–H and O–H groups in total. The second kappa shape index (κ2) is 9.48. The Balaban J connectivity index is 3.62. The fourth-order valence-corrected chi connectivity index (χ4v) is 2.81. The van der Waals surface area contributed by atoms with Gasteiger partial charge in [0, 0.05) is 12.3 Å². The molecule has 0 aliphatic carbocycles. The second-order valence-corrected chi connectivity index (χ2v) is 8.01. The first-order valence-electron chi connectivity index (χ1n) is 7.15. The Labute approximate surface area is 118 Å². The third kappa shape index (κ3) is 10.1. The maximum atomic E-state index is 11.3. The fraction of sp³-hybridized carbons (Fsp3) is 0.929. The SMILES string of the molecule is CC(CC(C)C)=NCCCCCCS(=O)(=O)C(C)O. The molecule has 4 nitrogen and oxygen atoms in total. The number of sulfone groups is 1. The minimum absolute atomic E-state index is 0.0836. The number of hydrogen-bond acceptors (Lipinski definition) is 4. The van der Waals surface area contributed by atoms with Crippen molar-refractivity contribution in [2.24, 2.45) is 10.9 Å². The van der Waals surface area contributed by atoms with Crippen molar-refractivity contribution in [3.63, 3.8) is 0 Å². The number of hydrogen-bond donors (Lipinski definition) is 1. The number of unbranched alkanes of at least 4 members (excludes halogenated alkanes) is 3. The van der Waals surface area contributed by atoms with Crippen LogP contribution in [-0.4, -0.2) is 37.0 Å². The van der Waals surface area contributed by atoms with Crippen LogP contribution >= 0.6 is 0 Å². The van der Waals surface area contributed by atoms with Crippen molar-refractivity contribution in [1.29, 1.82) is 0 Å². The van der Waals surface area contributed by atoms with Gasteiger partial charge in [0.2, 0.25) is 0 Å². The van der Waals surface area contributed by atoms with E-state index in [1.165, 1.54) is 12.6 Å². The Hall–Kier alpha value is -0.420.